The lowest BCUT2D eigenvalue weighted by molar-refractivity contribution is 0.199. The van der Waals surface area contributed by atoms with Gasteiger partial charge in [0.15, 0.2) is 11.9 Å². The van der Waals surface area contributed by atoms with E-state index >= 15 is 0 Å². The Morgan fingerprint density at radius 2 is 1.74 bits per heavy atom. The first-order valence-corrected chi connectivity index (χ1v) is 11.2. The van der Waals surface area contributed by atoms with Crippen molar-refractivity contribution in [2.45, 2.75) is 13.0 Å². The van der Waals surface area contributed by atoms with Gasteiger partial charge in [-0.25, -0.2) is 4.79 Å². The predicted octanol–water partition coefficient (Wildman–Crippen LogP) is 4.73. The molecule has 0 unspecified atom stereocenters. The Balaban J connectivity index is 1.89. The maximum absolute atomic E-state index is 13.6. The number of aryl methyl sites for hydroxylation is 2. The van der Waals surface area contributed by atoms with Gasteiger partial charge in [0.05, 0.1) is 34.2 Å². The fourth-order valence-electron chi connectivity index (χ4n) is 4.75. The number of benzene rings is 2. The van der Waals surface area contributed by atoms with Crippen molar-refractivity contribution >= 4 is 22.5 Å². The molecule has 0 spiro atoms. The Kier molecular flexibility index (Phi) is 4.41. The molecular formula is C26H20ClN3O4. The Morgan fingerprint density at radius 1 is 0.971 bits per heavy atom. The molecule has 34 heavy (non-hydrogen) atoms. The number of furan rings is 1. The lowest BCUT2D eigenvalue weighted by Gasteiger charge is -2.29. The minimum absolute atomic E-state index is 0.377. The lowest BCUT2D eigenvalue weighted by Crippen LogP contribution is -2.37. The van der Waals surface area contributed by atoms with E-state index < -0.39 is 11.8 Å². The summed E-state index contributed by atoms with van der Waals surface area (Å²) < 4.78 is 16.7. The summed E-state index contributed by atoms with van der Waals surface area (Å²) in [4.78, 5) is 26.6. The van der Waals surface area contributed by atoms with Crippen LogP contribution >= 0.6 is 11.6 Å². The highest BCUT2D eigenvalue weighted by atomic mass is 35.5. The molecule has 0 bridgehead atoms. The van der Waals surface area contributed by atoms with Gasteiger partial charge >= 0.3 is 5.69 Å². The maximum atomic E-state index is 13.6. The normalized spacial score (nSPS) is 14.6. The van der Waals surface area contributed by atoms with E-state index in [0.717, 1.165) is 15.7 Å². The summed E-state index contributed by atoms with van der Waals surface area (Å²) in [5.74, 6) is 1.15. The van der Waals surface area contributed by atoms with E-state index in [1.807, 2.05) is 41.8 Å². The van der Waals surface area contributed by atoms with E-state index in [1.54, 1.807) is 37.6 Å². The molecule has 1 aliphatic rings. The fourth-order valence-corrected chi connectivity index (χ4v) is 4.92. The molecule has 0 radical (unpaired) electrons. The average Bonchev–Trinajstić information content (AvgIpc) is 3.48. The molecule has 4 heterocycles. The monoisotopic (exact) mass is 473 g/mol. The summed E-state index contributed by atoms with van der Waals surface area (Å²) >= 11 is 6.40. The van der Waals surface area contributed by atoms with Gasteiger partial charge in [-0.1, -0.05) is 41.4 Å². The highest BCUT2D eigenvalue weighted by molar-refractivity contribution is 6.30. The molecule has 0 fully saturated rings. The van der Waals surface area contributed by atoms with Crippen molar-refractivity contribution in [1.29, 1.82) is 0 Å². The number of hydrogen-bond donors (Lipinski definition) is 0. The van der Waals surface area contributed by atoms with Crippen LogP contribution in [0.3, 0.4) is 0 Å². The molecule has 6 rings (SSSR count). The van der Waals surface area contributed by atoms with E-state index in [2.05, 4.69) is 0 Å². The molecule has 1 atom stereocenters. The summed E-state index contributed by atoms with van der Waals surface area (Å²) in [6.07, 6.45) is 0.896. The van der Waals surface area contributed by atoms with Crippen LogP contribution in [0.1, 0.15) is 23.1 Å². The minimum atomic E-state index is -0.678. The van der Waals surface area contributed by atoms with Crippen LogP contribution in [0.4, 0.5) is 0 Å². The van der Waals surface area contributed by atoms with Crippen molar-refractivity contribution in [3.63, 3.8) is 0 Å². The summed E-state index contributed by atoms with van der Waals surface area (Å²) in [6, 6.07) is 16.9. The Labute approximate surface area is 199 Å². The van der Waals surface area contributed by atoms with Crippen molar-refractivity contribution in [2.24, 2.45) is 14.1 Å². The molecular weight excluding hydrogens is 454 g/mol. The molecule has 2 aromatic carbocycles. The molecule has 1 aliphatic heterocycles. The van der Waals surface area contributed by atoms with Crippen LogP contribution in [0.15, 0.2) is 74.9 Å². The summed E-state index contributed by atoms with van der Waals surface area (Å²) in [5.41, 5.74) is 3.62. The zero-order valence-corrected chi connectivity index (χ0v) is 19.5. The highest BCUT2D eigenvalue weighted by Gasteiger charge is 2.37. The first-order chi connectivity index (χ1) is 16.4. The first kappa shape index (κ1) is 20.6. The molecule has 8 heteroatoms. The van der Waals surface area contributed by atoms with Crippen LogP contribution in [0, 0.1) is 6.92 Å². The number of aromatic nitrogens is 3. The van der Waals surface area contributed by atoms with E-state index in [1.165, 1.54) is 11.6 Å². The van der Waals surface area contributed by atoms with Crippen LogP contribution in [0.25, 0.3) is 27.8 Å². The fraction of sp³-hybridized carbons (Fsp3) is 0.154. The van der Waals surface area contributed by atoms with Gasteiger partial charge in [0.1, 0.15) is 5.75 Å². The molecule has 0 amide bonds. The van der Waals surface area contributed by atoms with Crippen LogP contribution in [0.5, 0.6) is 5.75 Å². The third kappa shape index (κ3) is 2.77. The zero-order valence-electron chi connectivity index (χ0n) is 18.7. The first-order valence-electron chi connectivity index (χ1n) is 10.8. The molecule has 5 aromatic rings. The van der Waals surface area contributed by atoms with Gasteiger partial charge < -0.3 is 13.7 Å². The van der Waals surface area contributed by atoms with E-state index in [9.17, 15) is 9.59 Å². The van der Waals surface area contributed by atoms with E-state index in [4.69, 9.17) is 20.8 Å². The molecule has 7 nitrogen and oxygen atoms in total. The molecule has 170 valence electrons. The van der Waals surface area contributed by atoms with Gasteiger partial charge in [0, 0.05) is 19.1 Å². The van der Waals surface area contributed by atoms with Gasteiger partial charge in [-0.2, -0.15) is 0 Å². The van der Waals surface area contributed by atoms with Crippen molar-refractivity contribution in [3.8, 4) is 22.7 Å². The number of nitrogens with zero attached hydrogens (tertiary/aromatic N) is 3. The molecule has 3 aromatic heterocycles. The molecule has 0 saturated carbocycles. The zero-order chi connectivity index (χ0) is 23.7. The smallest absolute Gasteiger partial charge is 0.331 e. The van der Waals surface area contributed by atoms with Crippen molar-refractivity contribution in [2.75, 3.05) is 0 Å². The van der Waals surface area contributed by atoms with Crippen LogP contribution in [-0.4, -0.2) is 13.7 Å². The van der Waals surface area contributed by atoms with Crippen LogP contribution < -0.4 is 16.0 Å². The molecule has 0 aliphatic carbocycles. The minimum Gasteiger partial charge on any atom is -0.474 e. The van der Waals surface area contributed by atoms with E-state index in [0.29, 0.717) is 44.5 Å². The van der Waals surface area contributed by atoms with Crippen molar-refractivity contribution in [3.05, 3.63) is 104 Å². The number of ether oxygens (including phenoxy) is 1. The Morgan fingerprint density at radius 3 is 2.44 bits per heavy atom. The second-order valence-corrected chi connectivity index (χ2v) is 8.93. The standard InChI is InChI=1S/C26H20ClN3O4/c1-14-6-8-15(9-7-14)21-20-22(28(2)26(32)29(3)25(20)31)23-24(19-5-4-12-33-19)34-18-11-10-16(27)13-17(18)30(21)23/h4-13,24H,1-3H3/t24-/m1/s1. The third-order valence-electron chi connectivity index (χ3n) is 6.39. The van der Waals surface area contributed by atoms with Gasteiger partial charge in [0.25, 0.3) is 5.56 Å². The maximum Gasteiger partial charge on any atom is 0.331 e. The SMILES string of the molecule is Cc1ccc(-c2c3c(=O)n(C)c(=O)n(C)c3c3n2-c2cc(Cl)ccc2O[C@@H]3c2ccco2)cc1. The molecule has 0 saturated heterocycles. The number of hydrogen-bond acceptors (Lipinski definition) is 4. The lowest BCUT2D eigenvalue weighted by atomic mass is 10.1. The number of halogens is 1. The number of rotatable bonds is 2. The van der Waals surface area contributed by atoms with Crippen molar-refractivity contribution < 1.29 is 9.15 Å². The highest BCUT2D eigenvalue weighted by Crippen LogP contribution is 2.47. The Hall–Kier alpha value is -3.97. The van der Waals surface area contributed by atoms with Crippen LogP contribution in [0.2, 0.25) is 5.02 Å². The average molecular weight is 474 g/mol. The van der Waals surface area contributed by atoms with Gasteiger partial charge in [0.2, 0.25) is 0 Å². The summed E-state index contributed by atoms with van der Waals surface area (Å²) in [6.45, 7) is 2.01. The second-order valence-electron chi connectivity index (χ2n) is 8.49. The van der Waals surface area contributed by atoms with Gasteiger partial charge in [-0.3, -0.25) is 13.9 Å². The van der Waals surface area contributed by atoms with Crippen LogP contribution in [-0.2, 0) is 14.1 Å². The summed E-state index contributed by atoms with van der Waals surface area (Å²) in [7, 11) is 3.15. The summed E-state index contributed by atoms with van der Waals surface area (Å²) in [5, 5.41) is 0.954. The van der Waals surface area contributed by atoms with Crippen molar-refractivity contribution in [1.82, 2.24) is 13.7 Å². The largest absolute Gasteiger partial charge is 0.474 e. The second kappa shape index (κ2) is 7.27. The number of fused-ring (bicyclic) bond motifs is 5. The predicted molar refractivity (Wildman–Crippen MR) is 130 cm³/mol. The third-order valence-corrected chi connectivity index (χ3v) is 6.63. The van der Waals surface area contributed by atoms with Gasteiger partial charge in [-0.05, 0) is 42.8 Å². The van der Waals surface area contributed by atoms with Gasteiger partial charge in [-0.15, -0.1) is 0 Å². The topological polar surface area (TPSA) is 71.3 Å². The molecule has 0 N–H and O–H groups in total. The Bertz CT molecular complexity index is 1710. The quantitative estimate of drug-likeness (QED) is 0.371. The van der Waals surface area contributed by atoms with E-state index in [-0.39, 0.29) is 5.56 Å².